The first-order valence-electron chi connectivity index (χ1n) is 10.5. The van der Waals surface area contributed by atoms with Crippen LogP contribution in [0.1, 0.15) is 44.1 Å². The second-order valence-electron chi connectivity index (χ2n) is 8.73. The Kier molecular flexibility index (Phi) is 8.03. The molecule has 0 aliphatic carbocycles. The Morgan fingerprint density at radius 1 is 1.00 bits per heavy atom. The number of nitrogens with zero attached hydrogens (tertiary/aromatic N) is 1. The molecular formula is C24H25Cl2F2NO5S. The van der Waals surface area contributed by atoms with Crippen LogP contribution in [0.3, 0.4) is 0 Å². The van der Waals surface area contributed by atoms with Gasteiger partial charge in [-0.1, -0.05) is 49.2 Å². The van der Waals surface area contributed by atoms with Gasteiger partial charge in [0, 0.05) is 18.1 Å². The van der Waals surface area contributed by atoms with Crippen molar-refractivity contribution in [3.05, 3.63) is 69.7 Å². The summed E-state index contributed by atoms with van der Waals surface area (Å²) in [5.74, 6) is -2.05. The van der Waals surface area contributed by atoms with Gasteiger partial charge >= 0.3 is 0 Å². The number of hydrogen-bond donors (Lipinski definition) is 0. The largest absolute Gasteiger partial charge is 0.490 e. The SMILES string of the molecule is CC(F)(F)CCOc1c(Cl)cc(C(C)(C)c2ccc(OCc3ocnc3S(C)(=O)=O)cc2)cc1Cl. The molecule has 3 rings (SSSR count). The molecule has 0 saturated heterocycles. The lowest BCUT2D eigenvalue weighted by atomic mass is 9.78. The number of halogens is 4. The van der Waals surface area contributed by atoms with E-state index in [2.05, 4.69) is 4.98 Å². The van der Waals surface area contributed by atoms with Gasteiger partial charge in [0.25, 0.3) is 0 Å². The number of aromatic nitrogens is 1. The number of alkyl halides is 2. The summed E-state index contributed by atoms with van der Waals surface area (Å²) < 4.78 is 65.8. The molecule has 3 aromatic rings. The summed E-state index contributed by atoms with van der Waals surface area (Å²) in [5.41, 5.74) is 1.20. The first kappa shape index (κ1) is 27.2. The van der Waals surface area contributed by atoms with Gasteiger partial charge in [-0.05, 0) is 42.3 Å². The topological polar surface area (TPSA) is 78.6 Å². The summed E-state index contributed by atoms with van der Waals surface area (Å²) in [5, 5.41) is 0.308. The van der Waals surface area contributed by atoms with Crippen LogP contribution in [-0.2, 0) is 21.9 Å². The Hall–Kier alpha value is -2.36. The second-order valence-corrected chi connectivity index (χ2v) is 11.5. The summed E-state index contributed by atoms with van der Waals surface area (Å²) in [6, 6.07) is 10.6. The zero-order valence-electron chi connectivity index (χ0n) is 19.6. The molecule has 6 nitrogen and oxygen atoms in total. The highest BCUT2D eigenvalue weighted by Crippen LogP contribution is 2.41. The lowest BCUT2D eigenvalue weighted by molar-refractivity contribution is 0.000867. The predicted molar refractivity (Wildman–Crippen MR) is 130 cm³/mol. The molecule has 0 saturated carbocycles. The lowest BCUT2D eigenvalue weighted by Gasteiger charge is -2.27. The molecule has 0 unspecified atom stereocenters. The average Bonchev–Trinajstić information content (AvgIpc) is 3.23. The van der Waals surface area contributed by atoms with Crippen molar-refractivity contribution in [2.24, 2.45) is 0 Å². The highest BCUT2D eigenvalue weighted by atomic mass is 35.5. The Labute approximate surface area is 213 Å². The van der Waals surface area contributed by atoms with Crippen LogP contribution in [0.25, 0.3) is 0 Å². The minimum absolute atomic E-state index is 0.0955. The standard InChI is InChI=1S/C24H25Cl2F2NO5S/c1-23(2,16-11-18(25)21(19(26)12-16)32-10-9-24(3,27)28)15-5-7-17(8-6-15)33-13-20-22(29-14-34-20)35(4,30)31/h5-8,11-12,14H,9-10,13H2,1-4H3. The maximum Gasteiger partial charge on any atom is 0.248 e. The molecule has 0 atom stereocenters. The summed E-state index contributed by atoms with van der Waals surface area (Å²) in [7, 11) is -3.52. The summed E-state index contributed by atoms with van der Waals surface area (Å²) in [4.78, 5) is 3.73. The minimum atomic E-state index is -3.52. The molecule has 0 N–H and O–H groups in total. The van der Waals surface area contributed by atoms with E-state index >= 15 is 0 Å². The molecule has 1 aromatic heterocycles. The molecular weight excluding hydrogens is 523 g/mol. The van der Waals surface area contributed by atoms with Crippen molar-refractivity contribution in [3.63, 3.8) is 0 Å². The highest BCUT2D eigenvalue weighted by molar-refractivity contribution is 7.90. The molecule has 0 radical (unpaired) electrons. The summed E-state index contributed by atoms with van der Waals surface area (Å²) in [6.07, 6.45) is 1.66. The molecule has 0 aliphatic rings. The Morgan fingerprint density at radius 2 is 1.60 bits per heavy atom. The maximum absolute atomic E-state index is 13.1. The van der Waals surface area contributed by atoms with Crippen molar-refractivity contribution < 1.29 is 31.1 Å². The molecule has 0 aliphatic heterocycles. The van der Waals surface area contributed by atoms with Crippen molar-refractivity contribution in [2.45, 2.75) is 50.2 Å². The number of rotatable bonds is 10. The van der Waals surface area contributed by atoms with Crippen LogP contribution in [0.4, 0.5) is 8.78 Å². The van der Waals surface area contributed by atoms with Crippen molar-refractivity contribution in [1.29, 1.82) is 0 Å². The van der Waals surface area contributed by atoms with Crippen molar-refractivity contribution in [1.82, 2.24) is 4.98 Å². The lowest BCUT2D eigenvalue weighted by Crippen LogP contribution is -2.19. The predicted octanol–water partition coefficient (Wildman–Crippen LogP) is 6.71. The Balaban J connectivity index is 1.73. The van der Waals surface area contributed by atoms with E-state index in [4.69, 9.17) is 37.1 Å². The van der Waals surface area contributed by atoms with Gasteiger partial charge in [-0.2, -0.15) is 0 Å². The van der Waals surface area contributed by atoms with E-state index in [1.807, 2.05) is 26.0 Å². The molecule has 2 aromatic carbocycles. The minimum Gasteiger partial charge on any atom is -0.490 e. The van der Waals surface area contributed by atoms with E-state index in [1.54, 1.807) is 24.3 Å². The summed E-state index contributed by atoms with van der Waals surface area (Å²) >= 11 is 12.7. The van der Waals surface area contributed by atoms with Crippen molar-refractivity contribution in [3.8, 4) is 11.5 Å². The quantitative estimate of drug-likeness (QED) is 0.280. The molecule has 1 heterocycles. The van der Waals surface area contributed by atoms with Gasteiger partial charge in [-0.25, -0.2) is 22.2 Å². The molecule has 35 heavy (non-hydrogen) atoms. The van der Waals surface area contributed by atoms with E-state index in [9.17, 15) is 17.2 Å². The number of benzene rings is 2. The van der Waals surface area contributed by atoms with Crippen LogP contribution in [0.5, 0.6) is 11.5 Å². The maximum atomic E-state index is 13.1. The second kappa shape index (κ2) is 10.3. The fourth-order valence-corrected chi connectivity index (χ4v) is 4.68. The average molecular weight is 548 g/mol. The number of sulfone groups is 1. The molecule has 190 valence electrons. The first-order chi connectivity index (χ1) is 16.2. The van der Waals surface area contributed by atoms with E-state index < -0.39 is 27.6 Å². The molecule has 11 heteroatoms. The fraction of sp³-hybridized carbons (Fsp3) is 0.375. The normalized spacial score (nSPS) is 12.6. The summed E-state index contributed by atoms with van der Waals surface area (Å²) in [6.45, 7) is 4.48. The zero-order valence-corrected chi connectivity index (χ0v) is 21.9. The van der Waals surface area contributed by atoms with E-state index in [0.717, 1.165) is 30.7 Å². The molecule has 0 fully saturated rings. The number of ether oxygens (including phenoxy) is 2. The van der Waals surface area contributed by atoms with Crippen molar-refractivity contribution in [2.75, 3.05) is 12.9 Å². The molecule has 0 amide bonds. The van der Waals surface area contributed by atoms with Gasteiger partial charge < -0.3 is 13.9 Å². The monoisotopic (exact) mass is 547 g/mol. The van der Waals surface area contributed by atoms with E-state index in [-0.39, 0.29) is 39.8 Å². The van der Waals surface area contributed by atoms with Gasteiger partial charge in [0.2, 0.25) is 5.92 Å². The van der Waals surface area contributed by atoms with Gasteiger partial charge in [0.15, 0.2) is 32.8 Å². The molecule has 0 spiro atoms. The first-order valence-corrected chi connectivity index (χ1v) is 13.2. The Morgan fingerprint density at radius 3 is 2.14 bits per heavy atom. The van der Waals surface area contributed by atoms with Crippen LogP contribution in [-0.4, -0.2) is 32.2 Å². The van der Waals surface area contributed by atoms with Crippen LogP contribution in [0, 0.1) is 0 Å². The highest BCUT2D eigenvalue weighted by Gasteiger charge is 2.27. The van der Waals surface area contributed by atoms with Crippen LogP contribution < -0.4 is 9.47 Å². The third kappa shape index (κ3) is 6.86. The Bertz CT molecular complexity index is 1260. The van der Waals surface area contributed by atoms with Gasteiger partial charge in [0.05, 0.1) is 16.7 Å². The smallest absolute Gasteiger partial charge is 0.248 e. The van der Waals surface area contributed by atoms with Crippen LogP contribution in [0.2, 0.25) is 10.0 Å². The third-order valence-electron chi connectivity index (χ3n) is 5.41. The molecule has 0 bridgehead atoms. The van der Waals surface area contributed by atoms with E-state index in [0.29, 0.717) is 5.75 Å². The van der Waals surface area contributed by atoms with Crippen molar-refractivity contribution >= 4 is 33.0 Å². The van der Waals surface area contributed by atoms with E-state index in [1.165, 1.54) is 0 Å². The van der Waals surface area contributed by atoms with Crippen LogP contribution in [0.15, 0.2) is 52.2 Å². The number of hydrogen-bond acceptors (Lipinski definition) is 6. The van der Waals surface area contributed by atoms with Gasteiger partial charge in [0.1, 0.15) is 12.4 Å². The van der Waals surface area contributed by atoms with Crippen LogP contribution >= 0.6 is 23.2 Å². The zero-order chi connectivity index (χ0) is 26.0. The van der Waals surface area contributed by atoms with Gasteiger partial charge in [-0.15, -0.1) is 0 Å². The van der Waals surface area contributed by atoms with Gasteiger partial charge in [-0.3, -0.25) is 0 Å². The number of oxazole rings is 1. The fourth-order valence-electron chi connectivity index (χ4n) is 3.33. The third-order valence-corrected chi connectivity index (χ3v) is 7.01.